The Morgan fingerprint density at radius 2 is 1.97 bits per heavy atom. The first-order chi connectivity index (χ1) is 16.0. The first kappa shape index (κ1) is 21.4. The van der Waals surface area contributed by atoms with Gasteiger partial charge in [0.2, 0.25) is 0 Å². The van der Waals surface area contributed by atoms with E-state index >= 15 is 0 Å². The van der Waals surface area contributed by atoms with Gasteiger partial charge in [-0.15, -0.1) is 0 Å². The van der Waals surface area contributed by atoms with Crippen molar-refractivity contribution in [2.75, 3.05) is 19.0 Å². The third kappa shape index (κ3) is 4.05. The number of nitrogens with zero attached hydrogens (tertiary/aromatic N) is 7. The van der Waals surface area contributed by atoms with E-state index in [4.69, 9.17) is 24.5 Å². The molecule has 5 rings (SSSR count). The lowest BCUT2D eigenvalue weighted by Crippen LogP contribution is -2.31. The lowest BCUT2D eigenvalue weighted by Gasteiger charge is -2.24. The lowest BCUT2D eigenvalue weighted by molar-refractivity contribution is -0.195. The number of hydrogen-bond acceptors (Lipinski definition) is 9. The van der Waals surface area contributed by atoms with Crippen molar-refractivity contribution in [3.63, 3.8) is 0 Å². The number of nitrogens with one attached hydrogen (secondary N) is 1. The molecule has 4 atom stereocenters. The number of fused-ring (bicyclic) bond motifs is 2. The van der Waals surface area contributed by atoms with Gasteiger partial charge in [-0.25, -0.2) is 15.0 Å². The monoisotopic (exact) mass is 452 g/mol. The second-order valence-corrected chi connectivity index (χ2v) is 8.29. The summed E-state index contributed by atoms with van der Waals surface area (Å²) < 4.78 is 25.4. The molecule has 0 spiro atoms. The highest BCUT2D eigenvalue weighted by atomic mass is 16.8. The molecule has 3 aromatic rings. The lowest BCUT2D eigenvalue weighted by atomic mass is 10.1. The van der Waals surface area contributed by atoms with Gasteiger partial charge in [-0.2, -0.15) is 0 Å². The minimum absolute atomic E-state index is 0.143. The molecule has 4 heterocycles. The molecule has 2 aliphatic rings. The second kappa shape index (κ2) is 8.49. The third-order valence-electron chi connectivity index (χ3n) is 5.70. The van der Waals surface area contributed by atoms with Crippen molar-refractivity contribution in [1.29, 1.82) is 0 Å². The minimum atomic E-state index is -0.775. The quantitative estimate of drug-likeness (QED) is 0.327. The number of anilines is 1. The van der Waals surface area contributed by atoms with Gasteiger partial charge in [0.1, 0.15) is 24.3 Å². The zero-order valence-corrected chi connectivity index (χ0v) is 18.5. The number of imidazole rings is 1. The van der Waals surface area contributed by atoms with Crippen molar-refractivity contribution in [3.8, 4) is 5.75 Å². The summed E-state index contributed by atoms with van der Waals surface area (Å²) >= 11 is 0. The predicted molar refractivity (Wildman–Crippen MR) is 117 cm³/mol. The van der Waals surface area contributed by atoms with E-state index < -0.39 is 24.2 Å². The highest BCUT2D eigenvalue weighted by Gasteiger charge is 2.55. The number of hydrogen-bond donors (Lipinski definition) is 1. The summed E-state index contributed by atoms with van der Waals surface area (Å²) in [5.74, 6) is 0.637. The van der Waals surface area contributed by atoms with Crippen molar-refractivity contribution in [2.24, 2.45) is 5.11 Å². The van der Waals surface area contributed by atoms with Crippen LogP contribution >= 0.6 is 0 Å². The van der Waals surface area contributed by atoms with Gasteiger partial charge in [0.15, 0.2) is 29.0 Å². The highest BCUT2D eigenvalue weighted by molar-refractivity contribution is 5.82. The first-order valence-corrected chi connectivity index (χ1v) is 10.6. The molecule has 0 bridgehead atoms. The number of aromatic nitrogens is 4. The van der Waals surface area contributed by atoms with Gasteiger partial charge in [-0.05, 0) is 37.1 Å². The van der Waals surface area contributed by atoms with Crippen molar-refractivity contribution >= 4 is 17.0 Å². The van der Waals surface area contributed by atoms with E-state index in [-0.39, 0.29) is 12.6 Å². The topological polar surface area (TPSA) is 141 Å². The van der Waals surface area contributed by atoms with Crippen LogP contribution < -0.4 is 10.1 Å². The van der Waals surface area contributed by atoms with Crippen molar-refractivity contribution in [2.45, 2.75) is 50.7 Å². The molecule has 0 unspecified atom stereocenters. The smallest absolute Gasteiger partial charge is 0.167 e. The Bertz CT molecular complexity index is 1190. The van der Waals surface area contributed by atoms with Crippen LogP contribution in [0.5, 0.6) is 5.75 Å². The Labute approximate surface area is 189 Å². The maximum Gasteiger partial charge on any atom is 0.167 e. The van der Waals surface area contributed by atoms with Crippen LogP contribution in [0.2, 0.25) is 0 Å². The molecule has 0 radical (unpaired) electrons. The molecule has 2 aliphatic heterocycles. The molecule has 2 saturated heterocycles. The summed E-state index contributed by atoms with van der Waals surface area (Å²) in [4.78, 5) is 16.2. The van der Waals surface area contributed by atoms with E-state index in [0.717, 1.165) is 11.3 Å². The number of benzene rings is 1. The minimum Gasteiger partial charge on any atom is -0.497 e. The molecule has 1 N–H and O–H groups in total. The fourth-order valence-electron chi connectivity index (χ4n) is 4.24. The summed E-state index contributed by atoms with van der Waals surface area (Å²) in [5.41, 5.74) is 11.0. The van der Waals surface area contributed by atoms with E-state index in [2.05, 4.69) is 30.3 Å². The molecule has 172 valence electrons. The van der Waals surface area contributed by atoms with Gasteiger partial charge >= 0.3 is 0 Å². The van der Waals surface area contributed by atoms with Crippen molar-refractivity contribution < 1.29 is 18.9 Å². The predicted octanol–water partition coefficient (Wildman–Crippen LogP) is 3.17. The zero-order valence-electron chi connectivity index (χ0n) is 18.5. The summed E-state index contributed by atoms with van der Waals surface area (Å²) in [7, 11) is 1.64. The molecule has 2 aromatic heterocycles. The number of methoxy groups -OCH3 is 1. The van der Waals surface area contributed by atoms with Gasteiger partial charge in [0, 0.05) is 11.5 Å². The van der Waals surface area contributed by atoms with Crippen molar-refractivity contribution in [1.82, 2.24) is 19.5 Å². The van der Waals surface area contributed by atoms with Gasteiger partial charge in [0.05, 0.1) is 26.1 Å². The van der Waals surface area contributed by atoms with Crippen LogP contribution in [0.4, 0.5) is 5.82 Å². The van der Waals surface area contributed by atoms with Crippen LogP contribution in [0.15, 0.2) is 42.0 Å². The maximum absolute atomic E-state index is 8.74. The fourth-order valence-corrected chi connectivity index (χ4v) is 4.24. The van der Waals surface area contributed by atoms with Gasteiger partial charge < -0.3 is 24.3 Å². The standard InChI is InChI=1S/C21H24N8O4/c1-21(2)32-16-14(9-27-28-22)31-20(17(16)33-21)29-11-26-15-18(24-10-25-19(15)29)23-8-12-4-6-13(30-3)7-5-12/h4-7,10-11,14,16-17,20H,8-9H2,1-3H3,(H,23,24,25)/t14-,16-,17-,20-/m1/s1. The SMILES string of the molecule is COc1ccc(CNc2ncnc3c2ncn3[C@@H]2O[C@H](CN=[N+]=[N-])[C@H]3OC(C)(C)O[C@H]32)cc1. The van der Waals surface area contributed by atoms with Crippen LogP contribution in [-0.2, 0) is 20.8 Å². The molecule has 0 amide bonds. The number of azide groups is 1. The molecule has 0 aliphatic carbocycles. The second-order valence-electron chi connectivity index (χ2n) is 8.29. The largest absolute Gasteiger partial charge is 0.497 e. The molecule has 1 aromatic carbocycles. The molecule has 33 heavy (non-hydrogen) atoms. The van der Waals surface area contributed by atoms with Gasteiger partial charge in [0.25, 0.3) is 0 Å². The Hall–Kier alpha value is -3.44. The Morgan fingerprint density at radius 3 is 2.73 bits per heavy atom. The maximum atomic E-state index is 8.74. The molecule has 2 fully saturated rings. The number of ether oxygens (including phenoxy) is 4. The highest BCUT2D eigenvalue weighted by Crippen LogP contribution is 2.44. The summed E-state index contributed by atoms with van der Waals surface area (Å²) in [6.45, 7) is 4.40. The van der Waals surface area contributed by atoms with Crippen LogP contribution in [0.25, 0.3) is 21.6 Å². The summed E-state index contributed by atoms with van der Waals surface area (Å²) in [5, 5.41) is 6.99. The average molecular weight is 452 g/mol. The average Bonchev–Trinajstić information content (AvgIpc) is 3.47. The molecule has 12 nitrogen and oxygen atoms in total. The molecule has 12 heteroatoms. The van der Waals surface area contributed by atoms with E-state index in [1.165, 1.54) is 6.33 Å². The zero-order chi connectivity index (χ0) is 23.0. The summed E-state index contributed by atoms with van der Waals surface area (Å²) in [6.07, 6.45) is 1.39. The third-order valence-corrected chi connectivity index (χ3v) is 5.70. The molecule has 0 saturated carbocycles. The normalized spacial score (nSPS) is 25.5. The van der Waals surface area contributed by atoms with E-state index in [1.807, 2.05) is 42.7 Å². The van der Waals surface area contributed by atoms with E-state index in [0.29, 0.717) is 23.5 Å². The van der Waals surface area contributed by atoms with E-state index in [9.17, 15) is 0 Å². The number of rotatable bonds is 7. The molecular weight excluding hydrogens is 428 g/mol. The van der Waals surface area contributed by atoms with Crippen LogP contribution in [0.3, 0.4) is 0 Å². The van der Waals surface area contributed by atoms with Crippen LogP contribution in [-0.4, -0.2) is 57.3 Å². The summed E-state index contributed by atoms with van der Waals surface area (Å²) in [6, 6.07) is 7.79. The van der Waals surface area contributed by atoms with Crippen molar-refractivity contribution in [3.05, 3.63) is 52.9 Å². The molecular formula is C21H24N8O4. The van der Waals surface area contributed by atoms with Gasteiger partial charge in [-0.1, -0.05) is 17.2 Å². The van der Waals surface area contributed by atoms with Crippen LogP contribution in [0.1, 0.15) is 25.6 Å². The first-order valence-electron chi connectivity index (χ1n) is 10.6. The fraction of sp³-hybridized carbons (Fsp3) is 0.476. The Kier molecular flexibility index (Phi) is 5.51. The van der Waals surface area contributed by atoms with Crippen LogP contribution in [0, 0.1) is 0 Å². The van der Waals surface area contributed by atoms with Gasteiger partial charge in [-0.3, -0.25) is 4.57 Å². The Morgan fingerprint density at radius 1 is 1.18 bits per heavy atom. The Balaban J connectivity index is 1.40. The van der Waals surface area contributed by atoms with E-state index in [1.54, 1.807) is 13.4 Å².